The number of H-pyrrole nitrogens is 1. The number of aromatic nitrogens is 2. The molecule has 2 aromatic carbocycles. The highest BCUT2D eigenvalue weighted by Crippen LogP contribution is 2.25. The molecular formula is C21H21ClN4O2. The Kier molecular flexibility index (Phi) is 6.11. The van der Waals surface area contributed by atoms with Gasteiger partial charge in [0, 0.05) is 16.1 Å². The molecule has 1 heterocycles. The van der Waals surface area contributed by atoms with E-state index < -0.39 is 0 Å². The number of amides is 1. The van der Waals surface area contributed by atoms with Gasteiger partial charge in [-0.3, -0.25) is 9.89 Å². The second kappa shape index (κ2) is 8.71. The maximum Gasteiger partial charge on any atom is 0.289 e. The highest BCUT2D eigenvalue weighted by atomic mass is 35.5. The van der Waals surface area contributed by atoms with Crippen LogP contribution in [-0.4, -0.2) is 28.4 Å². The second-order valence-corrected chi connectivity index (χ2v) is 6.61. The largest absolute Gasteiger partial charge is 0.494 e. The number of aromatic amines is 1. The van der Waals surface area contributed by atoms with Crippen LogP contribution in [0.2, 0.25) is 5.02 Å². The number of carbonyl (C=O) groups is 1. The Balaban J connectivity index is 1.74. The smallest absolute Gasteiger partial charge is 0.289 e. The highest BCUT2D eigenvalue weighted by Gasteiger charge is 2.17. The molecule has 0 spiro atoms. The lowest BCUT2D eigenvalue weighted by atomic mass is 10.1. The average molecular weight is 397 g/mol. The maximum absolute atomic E-state index is 12.5. The molecule has 2 N–H and O–H groups in total. The van der Waals surface area contributed by atoms with Crippen LogP contribution in [0.1, 0.15) is 35.5 Å². The van der Waals surface area contributed by atoms with E-state index in [1.165, 1.54) is 0 Å². The van der Waals surface area contributed by atoms with Crippen molar-refractivity contribution in [2.75, 3.05) is 6.61 Å². The van der Waals surface area contributed by atoms with Crippen LogP contribution in [0.3, 0.4) is 0 Å². The molecule has 0 saturated carbocycles. The molecule has 0 bridgehead atoms. The monoisotopic (exact) mass is 396 g/mol. The number of halogens is 1. The van der Waals surface area contributed by atoms with E-state index in [1.54, 1.807) is 12.1 Å². The fraction of sp³-hybridized carbons (Fsp3) is 0.190. The first kappa shape index (κ1) is 19.6. The maximum atomic E-state index is 12.5. The summed E-state index contributed by atoms with van der Waals surface area (Å²) in [5.41, 5.74) is 6.86. The summed E-state index contributed by atoms with van der Waals surface area (Å²) in [5, 5.41) is 11.9. The summed E-state index contributed by atoms with van der Waals surface area (Å²) in [7, 11) is 0. The van der Waals surface area contributed by atoms with Crippen molar-refractivity contribution in [2.45, 2.75) is 20.8 Å². The van der Waals surface area contributed by atoms with Crippen LogP contribution in [0.15, 0.2) is 53.6 Å². The van der Waals surface area contributed by atoms with Gasteiger partial charge in [-0.2, -0.15) is 10.2 Å². The van der Waals surface area contributed by atoms with Crippen LogP contribution in [0.4, 0.5) is 0 Å². The Morgan fingerprint density at radius 2 is 1.86 bits per heavy atom. The van der Waals surface area contributed by atoms with Gasteiger partial charge in [0.2, 0.25) is 0 Å². The zero-order valence-corrected chi connectivity index (χ0v) is 16.7. The van der Waals surface area contributed by atoms with E-state index in [1.807, 2.05) is 57.2 Å². The standard InChI is InChI=1S/C21H21ClN4O2/c1-4-28-18-11-7-16(8-12-18)19-13(2)20(25-24-19)21(27)26-23-14(3)15-5-9-17(22)10-6-15/h5-12H,4H2,1-3H3,(H,24,25)(H,26,27). The fourth-order valence-corrected chi connectivity index (χ4v) is 2.85. The van der Waals surface area contributed by atoms with Gasteiger partial charge >= 0.3 is 0 Å². The first-order valence-electron chi connectivity index (χ1n) is 8.88. The molecule has 3 rings (SSSR count). The third-order valence-electron chi connectivity index (χ3n) is 4.26. The number of rotatable bonds is 6. The number of benzene rings is 2. The lowest BCUT2D eigenvalue weighted by molar-refractivity contribution is 0.0949. The molecule has 1 aromatic heterocycles. The number of hydrogen-bond donors (Lipinski definition) is 2. The molecular weight excluding hydrogens is 376 g/mol. The van der Waals surface area contributed by atoms with Crippen molar-refractivity contribution in [3.8, 4) is 17.0 Å². The molecule has 3 aromatic rings. The van der Waals surface area contributed by atoms with Crippen molar-refractivity contribution in [3.05, 3.63) is 70.4 Å². The first-order chi connectivity index (χ1) is 13.5. The van der Waals surface area contributed by atoms with Crippen molar-refractivity contribution in [3.63, 3.8) is 0 Å². The second-order valence-electron chi connectivity index (χ2n) is 6.17. The van der Waals surface area contributed by atoms with Gasteiger partial charge in [-0.25, -0.2) is 5.43 Å². The van der Waals surface area contributed by atoms with Gasteiger partial charge in [0.05, 0.1) is 18.0 Å². The molecule has 0 saturated heterocycles. The Bertz CT molecular complexity index is 992. The lowest BCUT2D eigenvalue weighted by Gasteiger charge is -2.04. The van der Waals surface area contributed by atoms with Gasteiger partial charge in [-0.15, -0.1) is 0 Å². The topological polar surface area (TPSA) is 79.4 Å². The van der Waals surface area contributed by atoms with E-state index in [9.17, 15) is 4.79 Å². The molecule has 0 fully saturated rings. The number of nitrogens with one attached hydrogen (secondary N) is 2. The lowest BCUT2D eigenvalue weighted by Crippen LogP contribution is -2.20. The van der Waals surface area contributed by atoms with Crippen LogP contribution in [0.5, 0.6) is 5.75 Å². The van der Waals surface area contributed by atoms with Crippen LogP contribution in [-0.2, 0) is 0 Å². The van der Waals surface area contributed by atoms with Crippen molar-refractivity contribution < 1.29 is 9.53 Å². The molecule has 7 heteroatoms. The number of hydrazone groups is 1. The zero-order chi connectivity index (χ0) is 20.1. The Labute approximate surface area is 168 Å². The summed E-state index contributed by atoms with van der Waals surface area (Å²) in [6.07, 6.45) is 0. The number of nitrogens with zero attached hydrogens (tertiary/aromatic N) is 2. The van der Waals surface area contributed by atoms with Crippen molar-refractivity contribution >= 4 is 23.2 Å². The highest BCUT2D eigenvalue weighted by molar-refractivity contribution is 6.30. The molecule has 0 atom stereocenters. The van der Waals surface area contributed by atoms with E-state index in [4.69, 9.17) is 16.3 Å². The number of carbonyl (C=O) groups excluding carboxylic acids is 1. The normalized spacial score (nSPS) is 11.4. The summed E-state index contributed by atoms with van der Waals surface area (Å²) in [5.74, 6) is 0.444. The molecule has 144 valence electrons. The van der Waals surface area contributed by atoms with Gasteiger partial charge in [0.1, 0.15) is 11.4 Å². The van der Waals surface area contributed by atoms with Crippen molar-refractivity contribution in [1.82, 2.24) is 15.6 Å². The van der Waals surface area contributed by atoms with Crippen LogP contribution < -0.4 is 10.2 Å². The molecule has 0 unspecified atom stereocenters. The van der Waals surface area contributed by atoms with Crippen molar-refractivity contribution in [2.24, 2.45) is 5.10 Å². The summed E-state index contributed by atoms with van der Waals surface area (Å²) in [4.78, 5) is 12.5. The minimum Gasteiger partial charge on any atom is -0.494 e. The summed E-state index contributed by atoms with van der Waals surface area (Å²) in [6, 6.07) is 14.8. The molecule has 0 aliphatic rings. The van der Waals surface area contributed by atoms with Crippen molar-refractivity contribution in [1.29, 1.82) is 0 Å². The average Bonchev–Trinajstić information content (AvgIpc) is 3.09. The third-order valence-corrected chi connectivity index (χ3v) is 4.51. The molecule has 0 radical (unpaired) electrons. The Hall–Kier alpha value is -3.12. The quantitative estimate of drug-likeness (QED) is 0.472. The van der Waals surface area contributed by atoms with E-state index in [-0.39, 0.29) is 5.91 Å². The molecule has 1 amide bonds. The summed E-state index contributed by atoms with van der Waals surface area (Å²) < 4.78 is 5.45. The molecule has 0 aliphatic carbocycles. The predicted octanol–water partition coefficient (Wildman–Crippen LogP) is 4.59. The Morgan fingerprint density at radius 3 is 2.50 bits per heavy atom. The zero-order valence-electron chi connectivity index (χ0n) is 15.9. The van der Waals surface area contributed by atoms with Crippen LogP contribution >= 0.6 is 11.6 Å². The third kappa shape index (κ3) is 4.40. The number of hydrogen-bond acceptors (Lipinski definition) is 4. The summed E-state index contributed by atoms with van der Waals surface area (Å²) >= 11 is 5.89. The molecule has 28 heavy (non-hydrogen) atoms. The Morgan fingerprint density at radius 1 is 1.18 bits per heavy atom. The van der Waals surface area contributed by atoms with E-state index >= 15 is 0 Å². The van der Waals surface area contributed by atoms with Crippen LogP contribution in [0.25, 0.3) is 11.3 Å². The predicted molar refractivity (Wildman–Crippen MR) is 111 cm³/mol. The van der Waals surface area contributed by atoms with E-state index in [0.29, 0.717) is 28.7 Å². The van der Waals surface area contributed by atoms with E-state index in [0.717, 1.165) is 22.4 Å². The van der Waals surface area contributed by atoms with Gasteiger partial charge in [-0.1, -0.05) is 23.7 Å². The molecule has 0 aliphatic heterocycles. The SMILES string of the molecule is CCOc1ccc(-c2n[nH]c(C(=O)NN=C(C)c3ccc(Cl)cc3)c2C)cc1. The van der Waals surface area contributed by atoms with Gasteiger partial charge < -0.3 is 4.74 Å². The minimum atomic E-state index is -0.351. The van der Waals surface area contributed by atoms with Gasteiger partial charge in [0.15, 0.2) is 0 Å². The molecule has 6 nitrogen and oxygen atoms in total. The van der Waals surface area contributed by atoms with Gasteiger partial charge in [0.25, 0.3) is 5.91 Å². The van der Waals surface area contributed by atoms with Gasteiger partial charge in [-0.05, 0) is 62.7 Å². The van der Waals surface area contributed by atoms with E-state index in [2.05, 4.69) is 20.7 Å². The number of ether oxygens (including phenoxy) is 1. The summed E-state index contributed by atoms with van der Waals surface area (Å²) in [6.45, 7) is 6.21. The first-order valence-corrected chi connectivity index (χ1v) is 9.26. The minimum absolute atomic E-state index is 0.351. The van der Waals surface area contributed by atoms with Crippen LogP contribution in [0, 0.1) is 6.92 Å². The fourth-order valence-electron chi connectivity index (χ4n) is 2.72.